The van der Waals surface area contributed by atoms with Crippen molar-refractivity contribution in [3.05, 3.63) is 24.1 Å². The quantitative estimate of drug-likeness (QED) is 0.534. The van der Waals surface area contributed by atoms with Crippen LogP contribution in [0.2, 0.25) is 0 Å². The van der Waals surface area contributed by atoms with E-state index in [1.54, 1.807) is 4.90 Å². The van der Waals surface area contributed by atoms with Crippen molar-refractivity contribution in [2.75, 3.05) is 26.2 Å². The maximum absolute atomic E-state index is 11.6. The van der Waals surface area contributed by atoms with Gasteiger partial charge in [0.15, 0.2) is 0 Å². The SMILES string of the molecule is [C-]#[N+]CC1CN(C(=O)C=C)CCN1C(C)(C)C. The normalized spacial score (nSPS) is 22.0. The molecule has 1 rings (SSSR count). The summed E-state index contributed by atoms with van der Waals surface area (Å²) in [6, 6.07) is 0.130. The fraction of sp³-hybridized carbons (Fsp3) is 0.692. The molecule has 0 N–H and O–H groups in total. The Morgan fingerprint density at radius 2 is 2.18 bits per heavy atom. The molecule has 1 aliphatic rings. The van der Waals surface area contributed by atoms with Gasteiger partial charge in [-0.2, -0.15) is 0 Å². The molecule has 0 aromatic heterocycles. The van der Waals surface area contributed by atoms with Gasteiger partial charge in [0, 0.05) is 25.2 Å². The van der Waals surface area contributed by atoms with Crippen LogP contribution in [0.25, 0.3) is 4.85 Å². The Balaban J connectivity index is 2.78. The van der Waals surface area contributed by atoms with Gasteiger partial charge in [0.1, 0.15) is 6.04 Å². The summed E-state index contributed by atoms with van der Waals surface area (Å²) in [5.74, 6) is -0.0338. The number of amides is 1. The number of carbonyl (C=O) groups is 1. The smallest absolute Gasteiger partial charge is 0.246 e. The van der Waals surface area contributed by atoms with Gasteiger partial charge in [0.25, 0.3) is 0 Å². The first-order valence-electron chi connectivity index (χ1n) is 5.91. The Morgan fingerprint density at radius 1 is 1.53 bits per heavy atom. The van der Waals surface area contributed by atoms with Crippen LogP contribution in [0.3, 0.4) is 0 Å². The Hall–Kier alpha value is -1.34. The zero-order valence-corrected chi connectivity index (χ0v) is 10.9. The summed E-state index contributed by atoms with van der Waals surface area (Å²) in [6.45, 7) is 19.6. The summed E-state index contributed by atoms with van der Waals surface area (Å²) >= 11 is 0. The van der Waals surface area contributed by atoms with E-state index >= 15 is 0 Å². The van der Waals surface area contributed by atoms with E-state index in [2.05, 4.69) is 37.1 Å². The monoisotopic (exact) mass is 235 g/mol. The second kappa shape index (κ2) is 5.33. The molecule has 1 amide bonds. The van der Waals surface area contributed by atoms with Crippen LogP contribution in [0.4, 0.5) is 0 Å². The van der Waals surface area contributed by atoms with E-state index in [0.717, 1.165) is 13.1 Å². The molecule has 94 valence electrons. The lowest BCUT2D eigenvalue weighted by Crippen LogP contribution is -2.60. The van der Waals surface area contributed by atoms with Gasteiger partial charge in [-0.3, -0.25) is 9.69 Å². The van der Waals surface area contributed by atoms with Crippen molar-refractivity contribution in [1.82, 2.24) is 9.80 Å². The van der Waals surface area contributed by atoms with E-state index in [1.165, 1.54) is 6.08 Å². The maximum Gasteiger partial charge on any atom is 0.246 e. The lowest BCUT2D eigenvalue weighted by atomic mass is 10.00. The summed E-state index contributed by atoms with van der Waals surface area (Å²) in [5, 5.41) is 0. The van der Waals surface area contributed by atoms with E-state index in [9.17, 15) is 4.79 Å². The summed E-state index contributed by atoms with van der Waals surface area (Å²) in [4.78, 5) is 19.2. The first-order valence-corrected chi connectivity index (χ1v) is 5.91. The lowest BCUT2D eigenvalue weighted by Gasteiger charge is -2.45. The molecule has 4 heteroatoms. The zero-order chi connectivity index (χ0) is 13.1. The van der Waals surface area contributed by atoms with Crippen molar-refractivity contribution in [2.45, 2.75) is 32.4 Å². The summed E-state index contributed by atoms with van der Waals surface area (Å²) in [5.41, 5.74) is 0.0404. The van der Waals surface area contributed by atoms with Crippen LogP contribution in [0.5, 0.6) is 0 Å². The summed E-state index contributed by atoms with van der Waals surface area (Å²) < 4.78 is 0. The topological polar surface area (TPSA) is 27.9 Å². The molecule has 0 aromatic carbocycles. The van der Waals surface area contributed by atoms with Crippen molar-refractivity contribution in [3.63, 3.8) is 0 Å². The van der Waals surface area contributed by atoms with Crippen molar-refractivity contribution in [1.29, 1.82) is 0 Å². The van der Waals surface area contributed by atoms with E-state index in [-0.39, 0.29) is 17.5 Å². The fourth-order valence-electron chi connectivity index (χ4n) is 2.33. The largest absolute Gasteiger partial charge is 0.336 e. The highest BCUT2D eigenvalue weighted by atomic mass is 16.2. The van der Waals surface area contributed by atoms with Crippen LogP contribution in [0.15, 0.2) is 12.7 Å². The standard InChI is InChI=1S/C13H21N3O/c1-6-12(17)15-7-8-16(13(2,3)4)11(10-15)9-14-5/h6,11H,1,7-10H2,2-4H3. The predicted molar refractivity (Wildman–Crippen MR) is 68.5 cm³/mol. The number of rotatable bonds is 2. The summed E-state index contributed by atoms with van der Waals surface area (Å²) in [7, 11) is 0. The van der Waals surface area contributed by atoms with Crippen molar-refractivity contribution >= 4 is 5.91 Å². The molecule has 0 radical (unpaired) electrons. The van der Waals surface area contributed by atoms with Gasteiger partial charge in [0.2, 0.25) is 12.5 Å². The molecule has 1 fully saturated rings. The Bertz CT molecular complexity index is 338. The van der Waals surface area contributed by atoms with E-state index in [0.29, 0.717) is 13.1 Å². The highest BCUT2D eigenvalue weighted by Crippen LogP contribution is 2.21. The average molecular weight is 235 g/mol. The fourth-order valence-corrected chi connectivity index (χ4v) is 2.33. The molecule has 1 unspecified atom stereocenters. The Labute approximate surface area is 104 Å². The third-order valence-electron chi connectivity index (χ3n) is 3.13. The minimum absolute atomic E-state index is 0.0338. The Morgan fingerprint density at radius 3 is 2.65 bits per heavy atom. The van der Waals surface area contributed by atoms with Crippen LogP contribution in [-0.4, -0.2) is 53.5 Å². The van der Waals surface area contributed by atoms with Gasteiger partial charge < -0.3 is 9.74 Å². The number of nitrogens with zero attached hydrogens (tertiary/aromatic N) is 3. The van der Waals surface area contributed by atoms with Crippen molar-refractivity contribution in [2.24, 2.45) is 0 Å². The van der Waals surface area contributed by atoms with Gasteiger partial charge in [-0.15, -0.1) is 0 Å². The maximum atomic E-state index is 11.6. The summed E-state index contributed by atoms with van der Waals surface area (Å²) in [6.07, 6.45) is 1.35. The first kappa shape index (κ1) is 13.7. The van der Waals surface area contributed by atoms with Crippen LogP contribution in [0, 0.1) is 6.57 Å². The second-order valence-electron chi connectivity index (χ2n) is 5.35. The van der Waals surface area contributed by atoms with Gasteiger partial charge in [0.05, 0.1) is 0 Å². The lowest BCUT2D eigenvalue weighted by molar-refractivity contribution is -0.130. The molecule has 17 heavy (non-hydrogen) atoms. The molecule has 1 heterocycles. The number of carbonyl (C=O) groups excluding carboxylic acids is 1. The molecule has 0 bridgehead atoms. The molecule has 1 saturated heterocycles. The van der Waals surface area contributed by atoms with Crippen LogP contribution >= 0.6 is 0 Å². The molecule has 1 atom stereocenters. The third-order valence-corrected chi connectivity index (χ3v) is 3.13. The minimum atomic E-state index is -0.0338. The minimum Gasteiger partial charge on any atom is -0.336 e. The highest BCUT2D eigenvalue weighted by molar-refractivity contribution is 5.87. The Kier molecular flexibility index (Phi) is 4.30. The zero-order valence-electron chi connectivity index (χ0n) is 10.9. The van der Waals surface area contributed by atoms with Crippen LogP contribution in [-0.2, 0) is 4.79 Å². The molecule has 0 aromatic rings. The van der Waals surface area contributed by atoms with E-state index in [4.69, 9.17) is 6.57 Å². The van der Waals surface area contributed by atoms with Crippen LogP contribution in [0.1, 0.15) is 20.8 Å². The molecular weight excluding hydrogens is 214 g/mol. The number of hydrogen-bond acceptors (Lipinski definition) is 2. The second-order valence-corrected chi connectivity index (χ2v) is 5.35. The van der Waals surface area contributed by atoms with Crippen molar-refractivity contribution in [3.8, 4) is 0 Å². The van der Waals surface area contributed by atoms with E-state index in [1.807, 2.05) is 0 Å². The predicted octanol–water partition coefficient (Wildman–Crippen LogP) is 1.40. The molecule has 0 saturated carbocycles. The number of hydrogen-bond donors (Lipinski definition) is 0. The van der Waals surface area contributed by atoms with Gasteiger partial charge in [-0.05, 0) is 26.8 Å². The molecule has 4 nitrogen and oxygen atoms in total. The van der Waals surface area contributed by atoms with Gasteiger partial charge in [-0.25, -0.2) is 6.57 Å². The van der Waals surface area contributed by atoms with Gasteiger partial charge >= 0.3 is 0 Å². The van der Waals surface area contributed by atoms with Gasteiger partial charge in [-0.1, -0.05) is 6.58 Å². The van der Waals surface area contributed by atoms with E-state index < -0.39 is 0 Å². The number of piperazine rings is 1. The average Bonchev–Trinajstić information content (AvgIpc) is 2.27. The molecular formula is C13H21N3O. The first-order chi connectivity index (χ1) is 7.90. The highest BCUT2D eigenvalue weighted by Gasteiger charge is 2.36. The van der Waals surface area contributed by atoms with Crippen LogP contribution < -0.4 is 0 Å². The molecule has 1 aliphatic heterocycles. The van der Waals surface area contributed by atoms with Crippen molar-refractivity contribution < 1.29 is 4.79 Å². The third kappa shape index (κ3) is 3.31. The molecule has 0 spiro atoms. The molecule has 0 aliphatic carbocycles.